The smallest absolute Gasteiger partial charge is 0.335 e. The highest BCUT2D eigenvalue weighted by Crippen LogP contribution is 2.15. The van der Waals surface area contributed by atoms with Crippen LogP contribution in [0.5, 0.6) is 0 Å². The summed E-state index contributed by atoms with van der Waals surface area (Å²) in [6.07, 6.45) is 0. The summed E-state index contributed by atoms with van der Waals surface area (Å²) < 4.78 is 0. The lowest BCUT2D eigenvalue weighted by atomic mass is 10.1. The largest absolute Gasteiger partial charge is 0.478 e. The second kappa shape index (κ2) is 5.08. The summed E-state index contributed by atoms with van der Waals surface area (Å²) in [5.74, 6) is 0.312. The molecule has 0 bridgehead atoms. The number of benzene rings is 1. The number of rotatable bonds is 2. The average molecular weight is 247 g/mol. The van der Waals surface area contributed by atoms with Crippen LogP contribution in [-0.2, 0) is 0 Å². The molecule has 3 N–H and O–H groups in total. The number of nitrogens with one attached hydrogen (secondary N) is 2. The highest BCUT2D eigenvalue weighted by atomic mass is 16.4. The van der Waals surface area contributed by atoms with E-state index < -0.39 is 5.97 Å². The molecule has 1 aliphatic heterocycles. The zero-order valence-electron chi connectivity index (χ0n) is 10.5. The standard InChI is InChI=1S/C13H17N3O2/c1-8-3-10(12(17)18)5-11(4-8)16-13-14-6-9(2)7-15-13/h3-5,9H,6-7H2,1-2H3,(H,17,18)(H2,14,15,16). The third kappa shape index (κ3) is 3.00. The maximum Gasteiger partial charge on any atom is 0.335 e. The minimum atomic E-state index is -0.922. The number of aryl methyl sites for hydroxylation is 1. The van der Waals surface area contributed by atoms with Crippen LogP contribution in [-0.4, -0.2) is 30.1 Å². The van der Waals surface area contributed by atoms with E-state index in [1.807, 2.05) is 13.0 Å². The van der Waals surface area contributed by atoms with Crippen LogP contribution >= 0.6 is 0 Å². The van der Waals surface area contributed by atoms with Gasteiger partial charge in [-0.25, -0.2) is 4.79 Å². The van der Waals surface area contributed by atoms with E-state index in [1.54, 1.807) is 12.1 Å². The van der Waals surface area contributed by atoms with E-state index in [0.717, 1.165) is 24.3 Å². The number of hydrogen-bond donors (Lipinski definition) is 3. The first-order valence-corrected chi connectivity index (χ1v) is 5.95. The molecule has 0 amide bonds. The molecule has 5 heteroatoms. The molecule has 0 fully saturated rings. The van der Waals surface area contributed by atoms with E-state index in [4.69, 9.17) is 5.11 Å². The molecule has 1 atom stereocenters. The Morgan fingerprint density at radius 2 is 2.28 bits per heavy atom. The molecular weight excluding hydrogens is 230 g/mol. The van der Waals surface area contributed by atoms with Gasteiger partial charge in [-0.2, -0.15) is 0 Å². The molecule has 0 aromatic heterocycles. The number of guanidine groups is 1. The lowest BCUT2D eigenvalue weighted by Crippen LogP contribution is -2.39. The van der Waals surface area contributed by atoms with E-state index in [0.29, 0.717) is 11.9 Å². The number of hydrogen-bond acceptors (Lipinski definition) is 4. The van der Waals surface area contributed by atoms with Gasteiger partial charge >= 0.3 is 5.97 Å². The fourth-order valence-electron chi connectivity index (χ4n) is 1.84. The summed E-state index contributed by atoms with van der Waals surface area (Å²) in [4.78, 5) is 15.3. The third-order valence-corrected chi connectivity index (χ3v) is 2.77. The van der Waals surface area contributed by atoms with Crippen molar-refractivity contribution < 1.29 is 9.90 Å². The van der Waals surface area contributed by atoms with Crippen LogP contribution in [0.4, 0.5) is 5.69 Å². The fraction of sp³-hybridized carbons (Fsp3) is 0.385. The van der Waals surface area contributed by atoms with E-state index in [1.165, 1.54) is 0 Å². The summed E-state index contributed by atoms with van der Waals surface area (Å²) in [7, 11) is 0. The zero-order chi connectivity index (χ0) is 13.1. The Labute approximate surface area is 106 Å². The lowest BCUT2D eigenvalue weighted by molar-refractivity contribution is 0.0697. The molecule has 0 spiro atoms. The molecule has 0 aliphatic carbocycles. The first kappa shape index (κ1) is 12.4. The monoisotopic (exact) mass is 247 g/mol. The third-order valence-electron chi connectivity index (χ3n) is 2.77. The van der Waals surface area contributed by atoms with E-state index in [9.17, 15) is 4.79 Å². The Kier molecular flexibility index (Phi) is 3.50. The van der Waals surface area contributed by atoms with Gasteiger partial charge in [0, 0.05) is 18.8 Å². The second-order valence-corrected chi connectivity index (χ2v) is 4.69. The Morgan fingerprint density at radius 1 is 1.50 bits per heavy atom. The number of aliphatic imine (C=N–C) groups is 1. The molecule has 18 heavy (non-hydrogen) atoms. The number of carbonyl (C=O) groups is 1. The molecule has 0 saturated heterocycles. The number of nitrogens with zero attached hydrogens (tertiary/aromatic N) is 1. The number of anilines is 1. The Bertz CT molecular complexity index is 497. The molecule has 1 aromatic rings. The summed E-state index contributed by atoms with van der Waals surface area (Å²) in [6, 6.07) is 5.15. The van der Waals surface area contributed by atoms with Crippen molar-refractivity contribution >= 4 is 17.6 Å². The normalized spacial score (nSPS) is 18.8. The number of aromatic carboxylic acids is 1. The topological polar surface area (TPSA) is 73.7 Å². The van der Waals surface area contributed by atoms with Gasteiger partial charge in [-0.3, -0.25) is 4.99 Å². The highest BCUT2D eigenvalue weighted by molar-refractivity contribution is 5.96. The van der Waals surface area contributed by atoms with Crippen molar-refractivity contribution in [2.75, 3.05) is 18.4 Å². The van der Waals surface area contributed by atoms with Gasteiger partial charge in [-0.15, -0.1) is 0 Å². The molecular formula is C13H17N3O2. The number of carboxylic acids is 1. The van der Waals surface area contributed by atoms with Crippen molar-refractivity contribution in [3.8, 4) is 0 Å². The van der Waals surface area contributed by atoms with Crippen molar-refractivity contribution in [1.82, 2.24) is 5.32 Å². The van der Waals surface area contributed by atoms with Gasteiger partial charge in [0.15, 0.2) is 5.96 Å². The predicted octanol–water partition coefficient (Wildman–Crippen LogP) is 1.70. The Balaban J connectivity index is 2.16. The van der Waals surface area contributed by atoms with Gasteiger partial charge < -0.3 is 15.7 Å². The van der Waals surface area contributed by atoms with Gasteiger partial charge in [0.05, 0.1) is 5.56 Å². The minimum Gasteiger partial charge on any atom is -0.478 e. The maximum atomic E-state index is 11.0. The van der Waals surface area contributed by atoms with Crippen molar-refractivity contribution in [3.63, 3.8) is 0 Å². The first-order chi connectivity index (χ1) is 8.54. The van der Waals surface area contributed by atoms with Crippen molar-refractivity contribution in [3.05, 3.63) is 29.3 Å². The average Bonchev–Trinajstić information content (AvgIpc) is 2.31. The zero-order valence-corrected chi connectivity index (χ0v) is 10.5. The van der Waals surface area contributed by atoms with Crippen LogP contribution in [0.3, 0.4) is 0 Å². The summed E-state index contributed by atoms with van der Waals surface area (Å²) in [5.41, 5.74) is 1.93. The van der Waals surface area contributed by atoms with Gasteiger partial charge in [0.2, 0.25) is 0 Å². The van der Waals surface area contributed by atoms with Crippen LogP contribution in [0, 0.1) is 12.8 Å². The molecule has 96 valence electrons. The second-order valence-electron chi connectivity index (χ2n) is 4.69. The fourth-order valence-corrected chi connectivity index (χ4v) is 1.84. The van der Waals surface area contributed by atoms with Crippen molar-refractivity contribution in [2.45, 2.75) is 13.8 Å². The number of carboxylic acid groups (broad SMARTS) is 1. The SMILES string of the molecule is Cc1cc(NC2=NCC(C)CN2)cc(C(=O)O)c1. The van der Waals surface area contributed by atoms with Crippen molar-refractivity contribution in [1.29, 1.82) is 0 Å². The summed E-state index contributed by atoms with van der Waals surface area (Å²) in [6.45, 7) is 5.66. The van der Waals surface area contributed by atoms with Gasteiger partial charge in [-0.1, -0.05) is 6.92 Å². The molecule has 2 rings (SSSR count). The van der Waals surface area contributed by atoms with Crippen LogP contribution in [0.15, 0.2) is 23.2 Å². The molecule has 0 radical (unpaired) electrons. The molecule has 1 unspecified atom stereocenters. The maximum absolute atomic E-state index is 11.0. The summed E-state index contributed by atoms with van der Waals surface area (Å²) >= 11 is 0. The lowest BCUT2D eigenvalue weighted by Gasteiger charge is -2.20. The van der Waals surface area contributed by atoms with Crippen molar-refractivity contribution in [2.24, 2.45) is 10.9 Å². The Hall–Kier alpha value is -2.04. The Morgan fingerprint density at radius 3 is 2.89 bits per heavy atom. The van der Waals surface area contributed by atoms with Crippen LogP contribution < -0.4 is 10.6 Å². The first-order valence-electron chi connectivity index (χ1n) is 5.95. The minimum absolute atomic E-state index is 0.280. The van der Waals surface area contributed by atoms with Crippen LogP contribution in [0.2, 0.25) is 0 Å². The molecule has 1 aliphatic rings. The predicted molar refractivity (Wildman–Crippen MR) is 71.2 cm³/mol. The van der Waals surface area contributed by atoms with Crippen LogP contribution in [0.1, 0.15) is 22.8 Å². The summed E-state index contributed by atoms with van der Waals surface area (Å²) in [5, 5.41) is 15.3. The quantitative estimate of drug-likeness (QED) is 0.743. The molecule has 1 aromatic carbocycles. The molecule has 1 heterocycles. The molecule has 0 saturated carbocycles. The molecule has 5 nitrogen and oxygen atoms in total. The van der Waals surface area contributed by atoms with E-state index >= 15 is 0 Å². The van der Waals surface area contributed by atoms with Gasteiger partial charge in [-0.05, 0) is 36.6 Å². The van der Waals surface area contributed by atoms with Crippen LogP contribution in [0.25, 0.3) is 0 Å². The van der Waals surface area contributed by atoms with Gasteiger partial charge in [0.1, 0.15) is 0 Å². The van der Waals surface area contributed by atoms with E-state index in [2.05, 4.69) is 22.5 Å². The van der Waals surface area contributed by atoms with E-state index in [-0.39, 0.29) is 5.56 Å². The van der Waals surface area contributed by atoms with Gasteiger partial charge in [0.25, 0.3) is 0 Å². The highest BCUT2D eigenvalue weighted by Gasteiger charge is 2.11.